The zero-order chi connectivity index (χ0) is 7.52. The van der Waals surface area contributed by atoms with Crippen molar-refractivity contribution in [3.05, 3.63) is 11.6 Å². The van der Waals surface area contributed by atoms with E-state index in [0.29, 0.717) is 0 Å². The lowest BCUT2D eigenvalue weighted by Crippen LogP contribution is -2.32. The van der Waals surface area contributed by atoms with Crippen LogP contribution in [0.15, 0.2) is 11.6 Å². The molecule has 0 aromatic heterocycles. The van der Waals surface area contributed by atoms with Gasteiger partial charge in [-0.05, 0) is 25.7 Å². The van der Waals surface area contributed by atoms with Crippen molar-refractivity contribution in [1.82, 2.24) is 10.4 Å². The lowest BCUT2D eigenvalue weighted by Gasteiger charge is -2.15. The molecule has 0 atom stereocenters. The van der Waals surface area contributed by atoms with Crippen molar-refractivity contribution in [2.24, 2.45) is 0 Å². The van der Waals surface area contributed by atoms with Gasteiger partial charge in [-0.3, -0.25) is 5.43 Å². The first-order valence-corrected chi connectivity index (χ1v) is 4.61. The lowest BCUT2D eigenvalue weighted by atomic mass is 10.2. The second-order valence-electron chi connectivity index (χ2n) is 3.44. The van der Waals surface area contributed by atoms with Gasteiger partial charge >= 0.3 is 0 Å². The molecule has 0 radical (unpaired) electrons. The van der Waals surface area contributed by atoms with Crippen molar-refractivity contribution in [1.29, 1.82) is 0 Å². The van der Waals surface area contributed by atoms with Gasteiger partial charge in [0, 0.05) is 19.6 Å². The number of allylic oxidation sites excluding steroid dienone is 1. The first-order chi connectivity index (χ1) is 5.45. The maximum absolute atomic E-state index is 3.38. The predicted octanol–water partition coefficient (Wildman–Crippen LogP) is 1.31. The maximum Gasteiger partial charge on any atom is 0.0341 e. The monoisotopic (exact) mass is 152 g/mol. The molecule has 0 saturated carbocycles. The van der Waals surface area contributed by atoms with E-state index in [1.165, 1.54) is 45.3 Å². The van der Waals surface area contributed by atoms with Gasteiger partial charge in [0.25, 0.3) is 0 Å². The number of hydrazine groups is 1. The Bertz CT molecular complexity index is 157. The summed E-state index contributed by atoms with van der Waals surface area (Å²) < 4.78 is 0. The van der Waals surface area contributed by atoms with Crippen LogP contribution in [-0.4, -0.2) is 24.6 Å². The smallest absolute Gasteiger partial charge is 0.0341 e. The average Bonchev–Trinajstić information content (AvgIpc) is 2.60. The summed E-state index contributed by atoms with van der Waals surface area (Å²) in [4.78, 5) is 0. The third kappa shape index (κ3) is 1.82. The Labute approximate surface area is 68.2 Å². The van der Waals surface area contributed by atoms with Crippen molar-refractivity contribution in [2.75, 3.05) is 19.6 Å². The lowest BCUT2D eigenvalue weighted by molar-refractivity contribution is 0.275. The van der Waals surface area contributed by atoms with Crippen LogP contribution in [0.3, 0.4) is 0 Å². The van der Waals surface area contributed by atoms with Crippen LogP contribution in [0.4, 0.5) is 0 Å². The van der Waals surface area contributed by atoms with Crippen LogP contribution in [-0.2, 0) is 0 Å². The molecule has 1 saturated heterocycles. The summed E-state index contributed by atoms with van der Waals surface area (Å²) in [7, 11) is 0. The van der Waals surface area contributed by atoms with Gasteiger partial charge in [-0.15, -0.1) is 0 Å². The minimum Gasteiger partial charge on any atom is -0.255 e. The molecule has 2 rings (SSSR count). The highest BCUT2D eigenvalue weighted by atomic mass is 15.5. The van der Waals surface area contributed by atoms with E-state index >= 15 is 0 Å². The SMILES string of the molecule is C1=C(CN2CCCN2)CCC1. The van der Waals surface area contributed by atoms with Crippen molar-refractivity contribution >= 4 is 0 Å². The summed E-state index contributed by atoms with van der Waals surface area (Å²) in [6.07, 6.45) is 7.73. The number of nitrogens with zero attached hydrogens (tertiary/aromatic N) is 1. The molecule has 2 nitrogen and oxygen atoms in total. The van der Waals surface area contributed by atoms with E-state index in [-0.39, 0.29) is 0 Å². The number of hydrogen-bond acceptors (Lipinski definition) is 2. The molecule has 0 unspecified atom stereocenters. The normalized spacial score (nSPS) is 26.0. The van der Waals surface area contributed by atoms with E-state index < -0.39 is 0 Å². The molecular weight excluding hydrogens is 136 g/mol. The Morgan fingerprint density at radius 2 is 2.45 bits per heavy atom. The van der Waals surface area contributed by atoms with E-state index in [2.05, 4.69) is 16.5 Å². The van der Waals surface area contributed by atoms with Crippen molar-refractivity contribution in [2.45, 2.75) is 25.7 Å². The minimum absolute atomic E-state index is 1.17. The molecule has 1 N–H and O–H groups in total. The molecular formula is C9H16N2. The zero-order valence-electron chi connectivity index (χ0n) is 6.97. The molecule has 0 amide bonds. The standard InChI is InChI=1S/C9H16N2/c1-2-5-9(4-1)8-11-7-3-6-10-11/h4,10H,1-3,5-8H2. The predicted molar refractivity (Wildman–Crippen MR) is 46.1 cm³/mol. The molecule has 1 fully saturated rings. The van der Waals surface area contributed by atoms with E-state index in [1.54, 1.807) is 5.57 Å². The first kappa shape index (κ1) is 7.32. The summed E-state index contributed by atoms with van der Waals surface area (Å²) >= 11 is 0. The number of hydrogen-bond donors (Lipinski definition) is 1. The van der Waals surface area contributed by atoms with E-state index in [4.69, 9.17) is 0 Å². The van der Waals surface area contributed by atoms with Gasteiger partial charge in [0.1, 0.15) is 0 Å². The molecule has 1 heterocycles. The molecule has 1 aliphatic heterocycles. The highest BCUT2D eigenvalue weighted by molar-refractivity contribution is 5.09. The molecule has 62 valence electrons. The van der Waals surface area contributed by atoms with Gasteiger partial charge < -0.3 is 0 Å². The van der Waals surface area contributed by atoms with E-state index in [9.17, 15) is 0 Å². The second kappa shape index (κ2) is 3.37. The second-order valence-corrected chi connectivity index (χ2v) is 3.44. The summed E-state index contributed by atoms with van der Waals surface area (Å²) in [6, 6.07) is 0. The van der Waals surface area contributed by atoms with Gasteiger partial charge in [-0.1, -0.05) is 11.6 Å². The highest BCUT2D eigenvalue weighted by Crippen LogP contribution is 2.18. The Morgan fingerprint density at radius 1 is 1.45 bits per heavy atom. The molecule has 2 heteroatoms. The van der Waals surface area contributed by atoms with Gasteiger partial charge in [-0.2, -0.15) is 0 Å². The Morgan fingerprint density at radius 3 is 3.09 bits per heavy atom. The summed E-state index contributed by atoms with van der Waals surface area (Å²) in [5.74, 6) is 0. The minimum atomic E-state index is 1.17. The van der Waals surface area contributed by atoms with Crippen LogP contribution in [0.2, 0.25) is 0 Å². The van der Waals surface area contributed by atoms with Gasteiger partial charge in [0.05, 0.1) is 0 Å². The zero-order valence-corrected chi connectivity index (χ0v) is 6.97. The van der Waals surface area contributed by atoms with Crippen LogP contribution in [0, 0.1) is 0 Å². The number of nitrogens with one attached hydrogen (secondary N) is 1. The third-order valence-corrected chi connectivity index (χ3v) is 2.47. The molecule has 0 spiro atoms. The molecule has 1 aliphatic carbocycles. The first-order valence-electron chi connectivity index (χ1n) is 4.61. The fourth-order valence-corrected chi connectivity index (χ4v) is 1.85. The van der Waals surface area contributed by atoms with Crippen LogP contribution < -0.4 is 5.43 Å². The highest BCUT2D eigenvalue weighted by Gasteiger charge is 2.13. The average molecular weight is 152 g/mol. The molecule has 0 bridgehead atoms. The van der Waals surface area contributed by atoms with Crippen LogP contribution in [0.1, 0.15) is 25.7 Å². The topological polar surface area (TPSA) is 15.3 Å². The third-order valence-electron chi connectivity index (χ3n) is 2.47. The molecule has 11 heavy (non-hydrogen) atoms. The summed E-state index contributed by atoms with van der Waals surface area (Å²) in [5, 5.41) is 2.34. The van der Waals surface area contributed by atoms with Gasteiger partial charge in [0.2, 0.25) is 0 Å². The van der Waals surface area contributed by atoms with E-state index in [1.807, 2.05) is 0 Å². The Balaban J connectivity index is 1.79. The van der Waals surface area contributed by atoms with Gasteiger partial charge in [-0.25, -0.2) is 5.01 Å². The molecule has 2 aliphatic rings. The Hall–Kier alpha value is -0.340. The fourth-order valence-electron chi connectivity index (χ4n) is 1.85. The van der Waals surface area contributed by atoms with Crippen molar-refractivity contribution < 1.29 is 0 Å². The van der Waals surface area contributed by atoms with Crippen molar-refractivity contribution in [3.8, 4) is 0 Å². The van der Waals surface area contributed by atoms with Gasteiger partial charge in [0.15, 0.2) is 0 Å². The molecule has 0 aromatic carbocycles. The maximum atomic E-state index is 3.38. The number of rotatable bonds is 2. The quantitative estimate of drug-likeness (QED) is 0.600. The Kier molecular flexibility index (Phi) is 2.24. The largest absolute Gasteiger partial charge is 0.255 e. The summed E-state index contributed by atoms with van der Waals surface area (Å²) in [5.41, 5.74) is 5.01. The van der Waals surface area contributed by atoms with Crippen LogP contribution >= 0.6 is 0 Å². The van der Waals surface area contributed by atoms with E-state index in [0.717, 1.165) is 0 Å². The fraction of sp³-hybridized carbons (Fsp3) is 0.778. The molecule has 0 aromatic rings. The van der Waals surface area contributed by atoms with Crippen LogP contribution in [0.5, 0.6) is 0 Å². The van der Waals surface area contributed by atoms with Crippen LogP contribution in [0.25, 0.3) is 0 Å². The van der Waals surface area contributed by atoms with Crippen molar-refractivity contribution in [3.63, 3.8) is 0 Å². The summed E-state index contributed by atoms with van der Waals surface area (Å²) in [6.45, 7) is 3.57.